The lowest BCUT2D eigenvalue weighted by atomic mass is 10.1. The van der Waals surface area contributed by atoms with Crippen molar-refractivity contribution in [2.75, 3.05) is 32.8 Å². The van der Waals surface area contributed by atoms with Crippen LogP contribution >= 0.6 is 0 Å². The molecule has 2 aliphatic rings. The van der Waals surface area contributed by atoms with Crippen LogP contribution < -0.4 is 5.32 Å². The van der Waals surface area contributed by atoms with Gasteiger partial charge in [0.25, 0.3) is 0 Å². The number of H-pyrrole nitrogens is 1. The molecule has 1 fully saturated rings. The predicted molar refractivity (Wildman–Crippen MR) is 60.1 cm³/mol. The second-order valence-corrected chi connectivity index (χ2v) is 4.43. The van der Waals surface area contributed by atoms with Crippen molar-refractivity contribution in [1.29, 1.82) is 0 Å². The van der Waals surface area contributed by atoms with Gasteiger partial charge in [-0.2, -0.15) is 5.10 Å². The third kappa shape index (κ3) is 1.98. The van der Waals surface area contributed by atoms with E-state index in [0.717, 1.165) is 52.4 Å². The Morgan fingerprint density at radius 1 is 1.25 bits per heavy atom. The van der Waals surface area contributed by atoms with Crippen LogP contribution in [0.1, 0.15) is 17.0 Å². The van der Waals surface area contributed by atoms with Gasteiger partial charge in [-0.3, -0.25) is 10.00 Å². The predicted octanol–water partition coefficient (Wildman–Crippen LogP) is -0.112. The van der Waals surface area contributed by atoms with Crippen LogP contribution in [0.5, 0.6) is 0 Å². The summed E-state index contributed by atoms with van der Waals surface area (Å²) in [7, 11) is 0. The summed E-state index contributed by atoms with van der Waals surface area (Å²) in [6.07, 6.45) is 1.05. The fraction of sp³-hybridized carbons (Fsp3) is 0.727. The minimum atomic E-state index is 0.875. The lowest BCUT2D eigenvalue weighted by Crippen LogP contribution is -2.37. The van der Waals surface area contributed by atoms with Crippen LogP contribution in [0.25, 0.3) is 0 Å². The summed E-state index contributed by atoms with van der Waals surface area (Å²) < 4.78 is 5.34. The van der Waals surface area contributed by atoms with Crippen molar-refractivity contribution >= 4 is 0 Å². The zero-order chi connectivity index (χ0) is 10.8. The van der Waals surface area contributed by atoms with Gasteiger partial charge in [0.2, 0.25) is 0 Å². The van der Waals surface area contributed by atoms with Crippen LogP contribution in [0, 0.1) is 0 Å². The smallest absolute Gasteiger partial charge is 0.0683 e. The van der Waals surface area contributed by atoms with Crippen molar-refractivity contribution in [2.45, 2.75) is 19.5 Å². The van der Waals surface area contributed by atoms with Crippen molar-refractivity contribution in [3.05, 3.63) is 17.0 Å². The van der Waals surface area contributed by atoms with Gasteiger partial charge in [-0.25, -0.2) is 0 Å². The lowest BCUT2D eigenvalue weighted by Gasteiger charge is -2.26. The number of hydrogen-bond acceptors (Lipinski definition) is 4. The lowest BCUT2D eigenvalue weighted by molar-refractivity contribution is 0.0383. The van der Waals surface area contributed by atoms with Gasteiger partial charge in [-0.05, 0) is 0 Å². The van der Waals surface area contributed by atoms with Gasteiger partial charge in [0.1, 0.15) is 0 Å². The SMILES string of the molecule is C1CN(CCc2n[nH]c3c2CNC3)CCO1. The van der Waals surface area contributed by atoms with Gasteiger partial charge in [-0.15, -0.1) is 0 Å². The van der Waals surface area contributed by atoms with E-state index in [1.807, 2.05) is 0 Å². The highest BCUT2D eigenvalue weighted by Gasteiger charge is 2.18. The van der Waals surface area contributed by atoms with Crippen LogP contribution in [-0.4, -0.2) is 47.9 Å². The first-order valence-electron chi connectivity index (χ1n) is 5.99. The molecule has 3 rings (SSSR count). The Balaban J connectivity index is 1.57. The molecule has 0 unspecified atom stereocenters. The van der Waals surface area contributed by atoms with Crippen molar-refractivity contribution in [2.24, 2.45) is 0 Å². The van der Waals surface area contributed by atoms with Crippen LogP contribution in [0.15, 0.2) is 0 Å². The third-order valence-corrected chi connectivity index (χ3v) is 3.41. The number of aromatic amines is 1. The minimum absolute atomic E-state index is 0.875. The highest BCUT2D eigenvalue weighted by Crippen LogP contribution is 2.17. The Bertz CT molecular complexity index is 357. The summed E-state index contributed by atoms with van der Waals surface area (Å²) in [6, 6.07) is 0. The van der Waals surface area contributed by atoms with E-state index in [9.17, 15) is 0 Å². The molecule has 5 nitrogen and oxygen atoms in total. The van der Waals surface area contributed by atoms with Crippen molar-refractivity contribution < 1.29 is 4.74 Å². The van der Waals surface area contributed by atoms with Crippen LogP contribution in [0.2, 0.25) is 0 Å². The highest BCUT2D eigenvalue weighted by molar-refractivity contribution is 5.28. The number of ether oxygens (including phenoxy) is 1. The van der Waals surface area contributed by atoms with E-state index in [4.69, 9.17) is 4.74 Å². The van der Waals surface area contributed by atoms with Gasteiger partial charge in [0.05, 0.1) is 24.6 Å². The Morgan fingerprint density at radius 3 is 3.00 bits per heavy atom. The molecule has 0 atom stereocenters. The largest absolute Gasteiger partial charge is 0.379 e. The average molecular weight is 222 g/mol. The molecule has 0 spiro atoms. The number of morpholine rings is 1. The van der Waals surface area contributed by atoms with Crippen LogP contribution in [0.3, 0.4) is 0 Å². The third-order valence-electron chi connectivity index (χ3n) is 3.41. The summed E-state index contributed by atoms with van der Waals surface area (Å²) in [6.45, 7) is 6.89. The maximum absolute atomic E-state index is 5.34. The van der Waals surface area contributed by atoms with E-state index in [-0.39, 0.29) is 0 Å². The summed E-state index contributed by atoms with van der Waals surface area (Å²) in [5.41, 5.74) is 3.91. The fourth-order valence-electron chi connectivity index (χ4n) is 2.41. The normalized spacial score (nSPS) is 21.2. The Hall–Kier alpha value is -0.910. The van der Waals surface area contributed by atoms with Crippen LogP contribution in [-0.2, 0) is 24.2 Å². The highest BCUT2D eigenvalue weighted by atomic mass is 16.5. The topological polar surface area (TPSA) is 53.2 Å². The van der Waals surface area contributed by atoms with E-state index < -0.39 is 0 Å². The number of hydrogen-bond donors (Lipinski definition) is 2. The zero-order valence-electron chi connectivity index (χ0n) is 9.46. The van der Waals surface area contributed by atoms with Crippen LogP contribution in [0.4, 0.5) is 0 Å². The van der Waals surface area contributed by atoms with Gasteiger partial charge in [-0.1, -0.05) is 0 Å². The first-order valence-corrected chi connectivity index (χ1v) is 5.99. The number of nitrogens with zero attached hydrogens (tertiary/aromatic N) is 2. The van der Waals surface area contributed by atoms with Gasteiger partial charge in [0.15, 0.2) is 0 Å². The van der Waals surface area contributed by atoms with Crippen molar-refractivity contribution in [1.82, 2.24) is 20.4 Å². The molecule has 0 aromatic carbocycles. The average Bonchev–Trinajstić information content (AvgIpc) is 2.90. The summed E-state index contributed by atoms with van der Waals surface area (Å²) in [5, 5.41) is 10.9. The quantitative estimate of drug-likeness (QED) is 0.749. The standard InChI is InChI=1S/C11H18N4O/c1(2-15-3-5-16-6-4-15)10-9-7-12-8-11(9)14-13-10/h12H,1-8H2,(H,13,14). The molecule has 2 N–H and O–H groups in total. The molecule has 1 aromatic heterocycles. The maximum Gasteiger partial charge on any atom is 0.0683 e. The summed E-state index contributed by atoms with van der Waals surface area (Å²) >= 11 is 0. The Kier molecular flexibility index (Phi) is 2.90. The van der Waals surface area contributed by atoms with E-state index >= 15 is 0 Å². The molecule has 16 heavy (non-hydrogen) atoms. The van der Waals surface area contributed by atoms with Gasteiger partial charge < -0.3 is 10.1 Å². The van der Waals surface area contributed by atoms with E-state index in [1.54, 1.807) is 0 Å². The molecule has 0 saturated carbocycles. The molecular weight excluding hydrogens is 204 g/mol. The Morgan fingerprint density at radius 2 is 2.12 bits per heavy atom. The number of rotatable bonds is 3. The number of aromatic nitrogens is 2. The first kappa shape index (κ1) is 10.3. The number of fused-ring (bicyclic) bond motifs is 1. The molecule has 0 radical (unpaired) electrons. The molecule has 1 saturated heterocycles. The monoisotopic (exact) mass is 222 g/mol. The maximum atomic E-state index is 5.34. The molecule has 0 bridgehead atoms. The molecule has 5 heteroatoms. The first-order chi connectivity index (χ1) is 7.93. The van der Waals surface area contributed by atoms with Crippen molar-refractivity contribution in [3.8, 4) is 0 Å². The molecule has 0 amide bonds. The molecule has 88 valence electrons. The van der Waals surface area contributed by atoms with Crippen molar-refractivity contribution in [3.63, 3.8) is 0 Å². The molecular formula is C11H18N4O. The van der Waals surface area contributed by atoms with Gasteiger partial charge >= 0.3 is 0 Å². The second-order valence-electron chi connectivity index (χ2n) is 4.43. The fourth-order valence-corrected chi connectivity index (χ4v) is 2.41. The minimum Gasteiger partial charge on any atom is -0.379 e. The van der Waals surface area contributed by atoms with E-state index in [1.165, 1.54) is 17.0 Å². The van der Waals surface area contributed by atoms with Gasteiger partial charge in [0, 0.05) is 44.7 Å². The molecule has 1 aromatic rings. The van der Waals surface area contributed by atoms with E-state index in [2.05, 4.69) is 20.4 Å². The molecule has 0 aliphatic carbocycles. The molecule has 3 heterocycles. The Labute approximate surface area is 95.2 Å². The molecule has 2 aliphatic heterocycles. The zero-order valence-corrected chi connectivity index (χ0v) is 9.46. The number of nitrogens with one attached hydrogen (secondary N) is 2. The summed E-state index contributed by atoms with van der Waals surface area (Å²) in [4.78, 5) is 2.45. The van der Waals surface area contributed by atoms with E-state index in [0.29, 0.717) is 0 Å². The second kappa shape index (κ2) is 4.53. The summed E-state index contributed by atoms with van der Waals surface area (Å²) in [5.74, 6) is 0.